The van der Waals surface area contributed by atoms with Crippen LogP contribution in [0.4, 0.5) is 4.79 Å². The maximum absolute atomic E-state index is 11.5. The van der Waals surface area contributed by atoms with Gasteiger partial charge in [0.2, 0.25) is 0 Å². The largest absolute Gasteiger partial charge is 0.444 e. The van der Waals surface area contributed by atoms with E-state index in [1.165, 1.54) is 25.7 Å². The van der Waals surface area contributed by atoms with Crippen LogP contribution < -0.4 is 10.6 Å². The Bertz CT molecular complexity index is 308. The first kappa shape index (κ1) is 17.3. The number of alkyl carbamates (subject to hydrolysis) is 1. The molecule has 1 fully saturated rings. The number of carbonyl (C=O) groups is 1. The van der Waals surface area contributed by atoms with Gasteiger partial charge >= 0.3 is 6.09 Å². The van der Waals surface area contributed by atoms with Gasteiger partial charge in [-0.2, -0.15) is 0 Å². The van der Waals surface area contributed by atoms with Crippen molar-refractivity contribution in [2.24, 2.45) is 5.41 Å². The van der Waals surface area contributed by atoms with Crippen molar-refractivity contribution < 1.29 is 9.53 Å². The average molecular weight is 284 g/mol. The van der Waals surface area contributed by atoms with Crippen LogP contribution in [-0.2, 0) is 4.74 Å². The summed E-state index contributed by atoms with van der Waals surface area (Å²) in [5.74, 6) is 0. The van der Waals surface area contributed by atoms with E-state index in [4.69, 9.17) is 4.74 Å². The number of nitrogens with one attached hydrogen (secondary N) is 2. The van der Waals surface area contributed by atoms with Gasteiger partial charge in [0.1, 0.15) is 5.60 Å². The summed E-state index contributed by atoms with van der Waals surface area (Å²) in [6.45, 7) is 11.9. The average Bonchev–Trinajstić information content (AvgIpc) is 2.24. The van der Waals surface area contributed by atoms with E-state index in [1.807, 2.05) is 20.8 Å². The standard InChI is InChI=1S/C16H32N2O2/c1-15(2,3)20-14(19)18-11-7-10-17-13-8-6-9-16(4,5)12-13/h13,17H,6-12H2,1-5H3,(H,18,19). The summed E-state index contributed by atoms with van der Waals surface area (Å²) in [7, 11) is 0. The summed E-state index contributed by atoms with van der Waals surface area (Å²) >= 11 is 0. The molecule has 0 spiro atoms. The van der Waals surface area contributed by atoms with Gasteiger partial charge in [-0.05, 0) is 58.4 Å². The maximum atomic E-state index is 11.5. The minimum absolute atomic E-state index is 0.323. The first-order valence-corrected chi connectivity index (χ1v) is 7.88. The van der Waals surface area contributed by atoms with Gasteiger partial charge in [0.15, 0.2) is 0 Å². The summed E-state index contributed by atoms with van der Waals surface area (Å²) in [5.41, 5.74) is 0.0562. The van der Waals surface area contributed by atoms with Crippen molar-refractivity contribution in [1.82, 2.24) is 10.6 Å². The summed E-state index contributed by atoms with van der Waals surface area (Å²) in [4.78, 5) is 11.5. The molecule has 1 amide bonds. The highest BCUT2D eigenvalue weighted by atomic mass is 16.6. The van der Waals surface area contributed by atoms with E-state index < -0.39 is 5.60 Å². The van der Waals surface area contributed by atoms with E-state index in [-0.39, 0.29) is 6.09 Å². The highest BCUT2D eigenvalue weighted by Crippen LogP contribution is 2.34. The topological polar surface area (TPSA) is 50.4 Å². The second kappa shape index (κ2) is 7.30. The van der Waals surface area contributed by atoms with E-state index in [2.05, 4.69) is 24.5 Å². The van der Waals surface area contributed by atoms with Crippen molar-refractivity contribution in [2.45, 2.75) is 78.4 Å². The number of hydrogen-bond donors (Lipinski definition) is 2. The predicted molar refractivity (Wildman–Crippen MR) is 82.9 cm³/mol. The smallest absolute Gasteiger partial charge is 0.407 e. The molecule has 1 saturated carbocycles. The Morgan fingerprint density at radius 1 is 1.30 bits per heavy atom. The van der Waals surface area contributed by atoms with Gasteiger partial charge in [-0.25, -0.2) is 4.79 Å². The second-order valence-electron chi connectivity index (χ2n) is 7.69. The zero-order valence-corrected chi connectivity index (χ0v) is 13.8. The molecule has 0 aromatic carbocycles. The van der Waals surface area contributed by atoms with Crippen LogP contribution in [0.15, 0.2) is 0 Å². The third-order valence-electron chi connectivity index (χ3n) is 3.66. The van der Waals surface area contributed by atoms with Crippen LogP contribution in [0.5, 0.6) is 0 Å². The van der Waals surface area contributed by atoms with E-state index in [0.29, 0.717) is 18.0 Å². The molecule has 0 aromatic rings. The fourth-order valence-corrected chi connectivity index (χ4v) is 2.77. The van der Waals surface area contributed by atoms with Gasteiger partial charge in [-0.1, -0.05) is 20.3 Å². The third-order valence-corrected chi connectivity index (χ3v) is 3.66. The van der Waals surface area contributed by atoms with Crippen LogP contribution in [0.25, 0.3) is 0 Å². The number of ether oxygens (including phenoxy) is 1. The van der Waals surface area contributed by atoms with E-state index >= 15 is 0 Å². The first-order valence-electron chi connectivity index (χ1n) is 7.88. The van der Waals surface area contributed by atoms with E-state index in [1.54, 1.807) is 0 Å². The molecule has 0 saturated heterocycles. The predicted octanol–water partition coefficient (Wildman–Crippen LogP) is 3.46. The quantitative estimate of drug-likeness (QED) is 0.760. The molecule has 1 aliphatic rings. The fourth-order valence-electron chi connectivity index (χ4n) is 2.77. The lowest BCUT2D eigenvalue weighted by Crippen LogP contribution is -2.39. The highest BCUT2D eigenvalue weighted by Gasteiger charge is 2.27. The lowest BCUT2D eigenvalue weighted by atomic mass is 9.75. The molecule has 1 atom stereocenters. The molecule has 1 unspecified atom stereocenters. The third kappa shape index (κ3) is 7.73. The van der Waals surface area contributed by atoms with Gasteiger partial charge in [0.05, 0.1) is 0 Å². The molecule has 2 N–H and O–H groups in total. The molecular weight excluding hydrogens is 252 g/mol. The van der Waals surface area contributed by atoms with Gasteiger partial charge in [0, 0.05) is 12.6 Å². The van der Waals surface area contributed by atoms with Crippen molar-refractivity contribution >= 4 is 6.09 Å². The molecule has 20 heavy (non-hydrogen) atoms. The molecule has 0 heterocycles. The molecule has 0 radical (unpaired) electrons. The van der Waals surface area contributed by atoms with E-state index in [0.717, 1.165) is 13.0 Å². The van der Waals surface area contributed by atoms with Crippen LogP contribution in [0.1, 0.15) is 66.7 Å². The zero-order valence-electron chi connectivity index (χ0n) is 13.8. The highest BCUT2D eigenvalue weighted by molar-refractivity contribution is 5.67. The van der Waals surface area contributed by atoms with Crippen molar-refractivity contribution in [3.05, 3.63) is 0 Å². The minimum Gasteiger partial charge on any atom is -0.444 e. The Morgan fingerprint density at radius 3 is 2.60 bits per heavy atom. The van der Waals surface area contributed by atoms with Crippen LogP contribution >= 0.6 is 0 Å². The van der Waals surface area contributed by atoms with E-state index in [9.17, 15) is 4.79 Å². The Hall–Kier alpha value is -0.770. The molecule has 0 aliphatic heterocycles. The van der Waals surface area contributed by atoms with Crippen molar-refractivity contribution in [3.8, 4) is 0 Å². The summed E-state index contributed by atoms with van der Waals surface area (Å²) in [6, 6.07) is 0.639. The van der Waals surface area contributed by atoms with Crippen LogP contribution in [0.2, 0.25) is 0 Å². The Kier molecular flexibility index (Phi) is 6.31. The lowest BCUT2D eigenvalue weighted by Gasteiger charge is -2.35. The molecule has 1 aliphatic carbocycles. The van der Waals surface area contributed by atoms with Gasteiger partial charge in [-0.3, -0.25) is 0 Å². The van der Waals surface area contributed by atoms with Gasteiger partial charge in [0.25, 0.3) is 0 Å². The number of rotatable bonds is 5. The number of carbonyl (C=O) groups excluding carboxylic acids is 1. The monoisotopic (exact) mass is 284 g/mol. The number of amides is 1. The van der Waals surface area contributed by atoms with Crippen LogP contribution in [0, 0.1) is 5.41 Å². The molecule has 0 bridgehead atoms. The molecule has 4 nitrogen and oxygen atoms in total. The summed E-state index contributed by atoms with van der Waals surface area (Å²) in [6.07, 6.45) is 5.81. The molecule has 1 rings (SSSR count). The van der Waals surface area contributed by atoms with Crippen LogP contribution in [-0.4, -0.2) is 30.8 Å². The maximum Gasteiger partial charge on any atom is 0.407 e. The van der Waals surface area contributed by atoms with Gasteiger partial charge in [-0.15, -0.1) is 0 Å². The Labute approximate surface area is 124 Å². The normalized spacial score (nSPS) is 22.4. The Balaban J connectivity index is 2.06. The minimum atomic E-state index is -0.421. The van der Waals surface area contributed by atoms with Crippen LogP contribution in [0.3, 0.4) is 0 Å². The van der Waals surface area contributed by atoms with Crippen molar-refractivity contribution in [1.29, 1.82) is 0 Å². The first-order chi connectivity index (χ1) is 9.18. The van der Waals surface area contributed by atoms with Crippen molar-refractivity contribution in [2.75, 3.05) is 13.1 Å². The molecule has 0 aromatic heterocycles. The van der Waals surface area contributed by atoms with Crippen molar-refractivity contribution in [3.63, 3.8) is 0 Å². The second-order valence-corrected chi connectivity index (χ2v) is 7.69. The lowest BCUT2D eigenvalue weighted by molar-refractivity contribution is 0.0527. The van der Waals surface area contributed by atoms with Gasteiger partial charge < -0.3 is 15.4 Å². The summed E-state index contributed by atoms with van der Waals surface area (Å²) in [5, 5.41) is 6.40. The SMILES string of the molecule is CC1(C)CCCC(NCCCNC(=O)OC(C)(C)C)C1. The number of hydrogen-bond acceptors (Lipinski definition) is 3. The molecule has 4 heteroatoms. The fraction of sp³-hybridized carbons (Fsp3) is 0.938. The molecular formula is C16H32N2O2. The molecule has 118 valence electrons. The zero-order chi connectivity index (χ0) is 15.2. The Morgan fingerprint density at radius 2 is 2.00 bits per heavy atom. The summed E-state index contributed by atoms with van der Waals surface area (Å²) < 4.78 is 5.19.